The minimum atomic E-state index is -0.968. The van der Waals surface area contributed by atoms with Gasteiger partial charge in [-0.2, -0.15) is 0 Å². The van der Waals surface area contributed by atoms with Crippen molar-refractivity contribution in [3.8, 4) is 0 Å². The first-order valence-corrected chi connectivity index (χ1v) is 5.86. The van der Waals surface area contributed by atoms with E-state index in [2.05, 4.69) is 20.4 Å². The third kappa shape index (κ3) is 1.46. The summed E-state index contributed by atoms with van der Waals surface area (Å²) < 4.78 is 0. The van der Waals surface area contributed by atoms with Gasteiger partial charge < -0.3 is 10.2 Å². The van der Waals surface area contributed by atoms with Crippen LogP contribution < -0.4 is 0 Å². The first-order valence-electron chi connectivity index (χ1n) is 5.86. The topological polar surface area (TPSA) is 40.5 Å². The van der Waals surface area contributed by atoms with Crippen molar-refractivity contribution in [3.63, 3.8) is 0 Å². The summed E-state index contributed by atoms with van der Waals surface area (Å²) >= 11 is 0. The van der Waals surface area contributed by atoms with Crippen LogP contribution in [0.25, 0.3) is 0 Å². The van der Waals surface area contributed by atoms with Crippen molar-refractivity contribution in [2.24, 2.45) is 17.3 Å². The van der Waals surface area contributed by atoms with Gasteiger partial charge in [0.25, 0.3) is 0 Å². The molecule has 2 N–H and O–H groups in total. The molecular weight excluding hydrogens is 188 g/mol. The number of fused-ring (bicyclic) bond motifs is 2. The van der Waals surface area contributed by atoms with E-state index in [0.717, 1.165) is 18.4 Å². The van der Waals surface area contributed by atoms with Crippen molar-refractivity contribution >= 4 is 0 Å². The minimum absolute atomic E-state index is 0.0827. The summed E-state index contributed by atoms with van der Waals surface area (Å²) in [6, 6.07) is 0. The van der Waals surface area contributed by atoms with Gasteiger partial charge in [0.2, 0.25) is 0 Å². The first-order chi connectivity index (χ1) is 6.77. The zero-order chi connectivity index (χ0) is 11.4. The van der Waals surface area contributed by atoms with E-state index in [-0.39, 0.29) is 11.3 Å². The Morgan fingerprint density at radius 1 is 1.27 bits per heavy atom. The van der Waals surface area contributed by atoms with Crippen LogP contribution >= 0.6 is 0 Å². The predicted molar refractivity (Wildman–Crippen MR) is 60.4 cm³/mol. The molecule has 0 aromatic carbocycles. The fourth-order valence-corrected chi connectivity index (χ4v) is 3.45. The average molecular weight is 210 g/mol. The molecule has 4 unspecified atom stereocenters. The summed E-state index contributed by atoms with van der Waals surface area (Å²) in [6.45, 7) is 10.4. The Kier molecular flexibility index (Phi) is 2.29. The van der Waals surface area contributed by atoms with Gasteiger partial charge in [-0.1, -0.05) is 26.0 Å². The lowest BCUT2D eigenvalue weighted by atomic mass is 9.53. The molecule has 15 heavy (non-hydrogen) atoms. The fraction of sp³-hybridized carbons (Fsp3) is 0.846. The van der Waals surface area contributed by atoms with Crippen LogP contribution in [0.2, 0.25) is 0 Å². The highest BCUT2D eigenvalue weighted by molar-refractivity contribution is 5.23. The molecule has 2 nitrogen and oxygen atoms in total. The van der Waals surface area contributed by atoms with E-state index in [9.17, 15) is 10.2 Å². The quantitative estimate of drug-likeness (QED) is 0.601. The minimum Gasteiger partial charge on any atom is -0.390 e. The van der Waals surface area contributed by atoms with Crippen LogP contribution in [0.4, 0.5) is 0 Å². The van der Waals surface area contributed by atoms with Gasteiger partial charge in [0.05, 0.1) is 11.7 Å². The Balaban J connectivity index is 2.35. The Morgan fingerprint density at radius 3 is 2.47 bits per heavy atom. The fourth-order valence-electron chi connectivity index (χ4n) is 3.45. The van der Waals surface area contributed by atoms with E-state index in [1.165, 1.54) is 0 Å². The largest absolute Gasteiger partial charge is 0.390 e. The first kappa shape index (κ1) is 11.2. The van der Waals surface area contributed by atoms with Crippen molar-refractivity contribution in [3.05, 3.63) is 12.2 Å². The van der Waals surface area contributed by atoms with E-state index in [1.54, 1.807) is 6.92 Å². The van der Waals surface area contributed by atoms with Gasteiger partial charge in [-0.15, -0.1) is 0 Å². The highest BCUT2D eigenvalue weighted by Gasteiger charge is 2.53. The lowest BCUT2D eigenvalue weighted by Crippen LogP contribution is -2.56. The molecule has 2 saturated carbocycles. The van der Waals surface area contributed by atoms with Gasteiger partial charge in [-0.3, -0.25) is 0 Å². The van der Waals surface area contributed by atoms with Crippen LogP contribution in [0, 0.1) is 17.3 Å². The number of aliphatic hydroxyl groups excluding tert-OH is 1. The summed E-state index contributed by atoms with van der Waals surface area (Å²) in [5.41, 5.74) is 0.413. The van der Waals surface area contributed by atoms with Crippen LogP contribution in [0.1, 0.15) is 40.0 Å². The van der Waals surface area contributed by atoms with Gasteiger partial charge in [0, 0.05) is 5.92 Å². The molecule has 0 aromatic rings. The van der Waals surface area contributed by atoms with E-state index in [0.29, 0.717) is 12.3 Å². The molecule has 2 bridgehead atoms. The molecule has 0 heterocycles. The highest BCUT2D eigenvalue weighted by Crippen LogP contribution is 2.55. The molecule has 0 aliphatic heterocycles. The van der Waals surface area contributed by atoms with Crippen LogP contribution in [0.3, 0.4) is 0 Å². The zero-order valence-electron chi connectivity index (χ0n) is 9.95. The highest BCUT2D eigenvalue weighted by atomic mass is 16.3. The summed E-state index contributed by atoms with van der Waals surface area (Å²) in [6.07, 6.45) is 2.13. The normalized spacial score (nSPS) is 49.1. The van der Waals surface area contributed by atoms with E-state index in [4.69, 9.17) is 0 Å². The molecule has 0 radical (unpaired) electrons. The Hall–Kier alpha value is -0.340. The maximum absolute atomic E-state index is 10.3. The molecule has 0 saturated heterocycles. The zero-order valence-corrected chi connectivity index (χ0v) is 9.95. The van der Waals surface area contributed by atoms with E-state index < -0.39 is 11.7 Å². The van der Waals surface area contributed by atoms with E-state index >= 15 is 0 Å². The number of hydrogen-bond donors (Lipinski definition) is 2. The second kappa shape index (κ2) is 3.08. The molecule has 86 valence electrons. The van der Waals surface area contributed by atoms with Crippen molar-refractivity contribution in [1.29, 1.82) is 0 Å². The number of hydrogen-bond acceptors (Lipinski definition) is 2. The van der Waals surface area contributed by atoms with Gasteiger partial charge in [0.15, 0.2) is 0 Å². The van der Waals surface area contributed by atoms with Crippen molar-refractivity contribution in [1.82, 2.24) is 0 Å². The molecule has 2 fully saturated rings. The van der Waals surface area contributed by atoms with Crippen LogP contribution in [0.15, 0.2) is 12.2 Å². The average Bonchev–Trinajstić information content (AvgIpc) is 2.09. The van der Waals surface area contributed by atoms with Gasteiger partial charge in [0.1, 0.15) is 0 Å². The molecule has 2 aliphatic rings. The molecule has 0 spiro atoms. The summed E-state index contributed by atoms with van der Waals surface area (Å²) in [5, 5.41) is 20.3. The van der Waals surface area contributed by atoms with Crippen LogP contribution in [-0.4, -0.2) is 21.9 Å². The second-order valence-corrected chi connectivity index (χ2v) is 6.18. The lowest BCUT2D eigenvalue weighted by Gasteiger charge is -2.55. The molecule has 2 rings (SSSR count). The molecule has 0 amide bonds. The SMILES string of the molecule is C=C1C2CC(O)C(C)(O)C1CCC2(C)C. The third-order valence-corrected chi connectivity index (χ3v) is 4.75. The predicted octanol–water partition coefficient (Wildman–Crippen LogP) is 2.11. The van der Waals surface area contributed by atoms with Crippen LogP contribution in [0.5, 0.6) is 0 Å². The number of rotatable bonds is 0. The van der Waals surface area contributed by atoms with Gasteiger partial charge in [-0.05, 0) is 37.5 Å². The Labute approximate surface area is 92.0 Å². The standard InChI is InChI=1S/C13H22O2/c1-8-9-5-6-12(2,3)10(8)7-11(14)13(9,4)15/h9-11,14-15H,1,5-7H2,2-4H3. The lowest BCUT2D eigenvalue weighted by molar-refractivity contribution is -0.141. The Morgan fingerprint density at radius 2 is 1.87 bits per heavy atom. The molecule has 2 aliphatic carbocycles. The summed E-state index contributed by atoms with van der Waals surface area (Å²) in [7, 11) is 0. The summed E-state index contributed by atoms with van der Waals surface area (Å²) in [4.78, 5) is 0. The molecule has 0 aromatic heterocycles. The van der Waals surface area contributed by atoms with Crippen molar-refractivity contribution < 1.29 is 10.2 Å². The Bertz CT molecular complexity index is 287. The second-order valence-electron chi connectivity index (χ2n) is 6.18. The van der Waals surface area contributed by atoms with E-state index in [1.807, 2.05) is 0 Å². The maximum atomic E-state index is 10.3. The molecular formula is C13H22O2. The summed E-state index contributed by atoms with van der Waals surface area (Å²) in [5.74, 6) is 0.450. The van der Waals surface area contributed by atoms with Crippen molar-refractivity contribution in [2.75, 3.05) is 0 Å². The van der Waals surface area contributed by atoms with Gasteiger partial charge >= 0.3 is 0 Å². The monoisotopic (exact) mass is 210 g/mol. The van der Waals surface area contributed by atoms with Crippen LogP contribution in [-0.2, 0) is 0 Å². The maximum Gasteiger partial charge on any atom is 0.0942 e. The van der Waals surface area contributed by atoms with Crippen molar-refractivity contribution in [2.45, 2.75) is 51.7 Å². The molecule has 2 heteroatoms. The third-order valence-electron chi connectivity index (χ3n) is 4.75. The molecule has 4 atom stereocenters. The smallest absolute Gasteiger partial charge is 0.0942 e. The number of aliphatic hydroxyl groups is 2. The van der Waals surface area contributed by atoms with Gasteiger partial charge in [-0.25, -0.2) is 0 Å².